The summed E-state index contributed by atoms with van der Waals surface area (Å²) < 4.78 is 5.57. The van der Waals surface area contributed by atoms with Crippen molar-refractivity contribution in [3.63, 3.8) is 0 Å². The van der Waals surface area contributed by atoms with Crippen molar-refractivity contribution in [2.45, 2.75) is 6.92 Å². The Morgan fingerprint density at radius 2 is 2.15 bits per heavy atom. The van der Waals surface area contributed by atoms with Gasteiger partial charge in [-0.3, -0.25) is 4.79 Å². The van der Waals surface area contributed by atoms with Gasteiger partial charge >= 0.3 is 5.97 Å². The monoisotopic (exact) mass is 357 g/mol. The molecule has 106 valence electrons. The van der Waals surface area contributed by atoms with Gasteiger partial charge in [0.1, 0.15) is 0 Å². The standard InChI is InChI=1S/C14H13BrClNO3/c1-2-3-4-5-14(19)20-9-13(18)17-12-7-6-10(15)8-11(12)16/h2-8H,9H2,1H3,(H,17,18)/b3-2+,5-4+. The van der Waals surface area contributed by atoms with E-state index in [-0.39, 0.29) is 6.61 Å². The van der Waals surface area contributed by atoms with Crippen LogP contribution in [-0.2, 0) is 14.3 Å². The quantitative estimate of drug-likeness (QED) is 0.496. The van der Waals surface area contributed by atoms with Crippen molar-refractivity contribution >= 4 is 45.1 Å². The number of carbonyl (C=O) groups excluding carboxylic acids is 2. The number of nitrogens with one attached hydrogen (secondary N) is 1. The molecule has 0 unspecified atom stereocenters. The molecule has 1 aromatic rings. The first kappa shape index (κ1) is 16.5. The van der Waals surface area contributed by atoms with Gasteiger partial charge in [0.2, 0.25) is 0 Å². The second-order valence-corrected chi connectivity index (χ2v) is 4.99. The van der Waals surface area contributed by atoms with Crippen molar-refractivity contribution in [3.05, 3.63) is 52.0 Å². The minimum atomic E-state index is -0.583. The second-order valence-electron chi connectivity index (χ2n) is 3.66. The van der Waals surface area contributed by atoms with Gasteiger partial charge in [0, 0.05) is 10.5 Å². The lowest BCUT2D eigenvalue weighted by Gasteiger charge is -2.07. The zero-order valence-electron chi connectivity index (χ0n) is 10.7. The Morgan fingerprint density at radius 3 is 2.80 bits per heavy atom. The van der Waals surface area contributed by atoms with Crippen LogP contribution in [0.25, 0.3) is 0 Å². The molecule has 0 fully saturated rings. The normalized spacial score (nSPS) is 10.9. The van der Waals surface area contributed by atoms with E-state index in [1.807, 2.05) is 6.92 Å². The number of allylic oxidation sites excluding steroid dienone is 3. The molecule has 0 atom stereocenters. The highest BCUT2D eigenvalue weighted by atomic mass is 79.9. The van der Waals surface area contributed by atoms with Crippen LogP contribution < -0.4 is 5.32 Å². The molecule has 1 aromatic carbocycles. The maximum atomic E-state index is 11.6. The Kier molecular flexibility index (Phi) is 7.04. The molecule has 0 heterocycles. The maximum Gasteiger partial charge on any atom is 0.331 e. The van der Waals surface area contributed by atoms with E-state index in [2.05, 4.69) is 21.2 Å². The molecule has 0 aliphatic carbocycles. The third-order valence-corrected chi connectivity index (χ3v) is 2.89. The molecular formula is C14H13BrClNO3. The average Bonchev–Trinajstić information content (AvgIpc) is 2.40. The molecule has 0 spiro atoms. The molecule has 0 aliphatic rings. The van der Waals surface area contributed by atoms with Gasteiger partial charge in [-0.1, -0.05) is 45.8 Å². The van der Waals surface area contributed by atoms with Crippen molar-refractivity contribution in [1.29, 1.82) is 0 Å². The Hall–Kier alpha value is -1.59. The fourth-order valence-corrected chi connectivity index (χ4v) is 1.93. The van der Waals surface area contributed by atoms with Gasteiger partial charge in [-0.25, -0.2) is 4.79 Å². The van der Waals surface area contributed by atoms with E-state index in [4.69, 9.17) is 16.3 Å². The molecule has 1 rings (SSSR count). The third-order valence-electron chi connectivity index (χ3n) is 2.09. The number of halogens is 2. The van der Waals surface area contributed by atoms with Crippen molar-refractivity contribution in [3.8, 4) is 0 Å². The summed E-state index contributed by atoms with van der Waals surface area (Å²) in [6.45, 7) is 1.45. The summed E-state index contributed by atoms with van der Waals surface area (Å²) >= 11 is 9.21. The topological polar surface area (TPSA) is 55.4 Å². The summed E-state index contributed by atoms with van der Waals surface area (Å²) in [5.74, 6) is -1.04. The molecule has 4 nitrogen and oxygen atoms in total. The molecule has 0 aliphatic heterocycles. The smallest absolute Gasteiger partial charge is 0.331 e. The largest absolute Gasteiger partial charge is 0.452 e. The van der Waals surface area contributed by atoms with Gasteiger partial charge in [-0.15, -0.1) is 0 Å². The molecule has 20 heavy (non-hydrogen) atoms. The number of rotatable bonds is 5. The van der Waals surface area contributed by atoms with Crippen LogP contribution in [0, 0.1) is 0 Å². The summed E-state index contributed by atoms with van der Waals surface area (Å²) in [6.07, 6.45) is 6.22. The SMILES string of the molecule is C/C=C/C=C/C(=O)OCC(=O)Nc1ccc(Br)cc1Cl. The van der Waals surface area contributed by atoms with E-state index in [1.54, 1.807) is 30.4 Å². The number of amides is 1. The first-order chi connectivity index (χ1) is 9.52. The van der Waals surface area contributed by atoms with E-state index < -0.39 is 11.9 Å². The summed E-state index contributed by atoms with van der Waals surface area (Å²) in [6, 6.07) is 5.05. The Labute approximate surface area is 130 Å². The second kappa shape index (κ2) is 8.55. The first-order valence-corrected chi connectivity index (χ1v) is 6.91. The first-order valence-electron chi connectivity index (χ1n) is 5.74. The molecule has 0 saturated carbocycles. The third kappa shape index (κ3) is 6.04. The van der Waals surface area contributed by atoms with Gasteiger partial charge in [0.15, 0.2) is 6.61 Å². The van der Waals surface area contributed by atoms with Gasteiger partial charge < -0.3 is 10.1 Å². The van der Waals surface area contributed by atoms with E-state index in [9.17, 15) is 9.59 Å². The highest BCUT2D eigenvalue weighted by Gasteiger charge is 2.08. The van der Waals surface area contributed by atoms with Crippen LogP contribution in [0.15, 0.2) is 47.0 Å². The molecule has 0 radical (unpaired) electrons. The fraction of sp³-hybridized carbons (Fsp3) is 0.143. The molecule has 0 bridgehead atoms. The Bertz CT molecular complexity index is 555. The molecule has 1 N–H and O–H groups in total. The lowest BCUT2D eigenvalue weighted by atomic mass is 10.3. The van der Waals surface area contributed by atoms with E-state index >= 15 is 0 Å². The highest BCUT2D eigenvalue weighted by Crippen LogP contribution is 2.25. The zero-order chi connectivity index (χ0) is 15.0. The van der Waals surface area contributed by atoms with Crippen LogP contribution in [0.1, 0.15) is 6.92 Å². The summed E-state index contributed by atoms with van der Waals surface area (Å²) in [5, 5.41) is 2.95. The molecular weight excluding hydrogens is 346 g/mol. The predicted molar refractivity (Wildman–Crippen MR) is 82.7 cm³/mol. The van der Waals surface area contributed by atoms with Crippen LogP contribution in [0.2, 0.25) is 5.02 Å². The molecule has 1 amide bonds. The minimum Gasteiger partial charge on any atom is -0.452 e. The van der Waals surface area contributed by atoms with Crippen molar-refractivity contribution in [2.75, 3.05) is 11.9 Å². The van der Waals surface area contributed by atoms with Crippen molar-refractivity contribution < 1.29 is 14.3 Å². The number of ether oxygens (including phenoxy) is 1. The molecule has 6 heteroatoms. The van der Waals surface area contributed by atoms with E-state index in [1.165, 1.54) is 12.2 Å². The van der Waals surface area contributed by atoms with Crippen molar-refractivity contribution in [1.82, 2.24) is 0 Å². The fourth-order valence-electron chi connectivity index (χ4n) is 1.21. The number of carbonyl (C=O) groups is 2. The van der Waals surface area contributed by atoms with Crippen LogP contribution in [0.3, 0.4) is 0 Å². The van der Waals surface area contributed by atoms with Crippen LogP contribution in [0.5, 0.6) is 0 Å². The lowest BCUT2D eigenvalue weighted by molar-refractivity contribution is -0.142. The van der Waals surface area contributed by atoms with Gasteiger partial charge in [0.05, 0.1) is 10.7 Å². The van der Waals surface area contributed by atoms with Gasteiger partial charge in [-0.2, -0.15) is 0 Å². The van der Waals surface area contributed by atoms with Crippen LogP contribution >= 0.6 is 27.5 Å². The minimum absolute atomic E-state index is 0.370. The Morgan fingerprint density at radius 1 is 1.40 bits per heavy atom. The predicted octanol–water partition coefficient (Wildman–Crippen LogP) is 3.72. The van der Waals surface area contributed by atoms with E-state index in [0.29, 0.717) is 10.7 Å². The Balaban J connectivity index is 2.46. The molecule has 0 aromatic heterocycles. The number of hydrogen-bond donors (Lipinski definition) is 1. The number of benzene rings is 1. The lowest BCUT2D eigenvalue weighted by Crippen LogP contribution is -2.20. The number of esters is 1. The number of anilines is 1. The number of hydrogen-bond acceptors (Lipinski definition) is 3. The van der Waals surface area contributed by atoms with Crippen molar-refractivity contribution in [2.24, 2.45) is 0 Å². The zero-order valence-corrected chi connectivity index (χ0v) is 13.1. The van der Waals surface area contributed by atoms with Crippen LogP contribution in [-0.4, -0.2) is 18.5 Å². The average molecular weight is 359 g/mol. The van der Waals surface area contributed by atoms with E-state index in [0.717, 1.165) is 4.47 Å². The highest BCUT2D eigenvalue weighted by molar-refractivity contribution is 9.10. The molecule has 0 saturated heterocycles. The summed E-state index contributed by atoms with van der Waals surface area (Å²) in [7, 11) is 0. The summed E-state index contributed by atoms with van der Waals surface area (Å²) in [4.78, 5) is 22.8. The van der Waals surface area contributed by atoms with Gasteiger partial charge in [-0.05, 0) is 25.1 Å². The maximum absolute atomic E-state index is 11.6. The summed E-state index contributed by atoms with van der Waals surface area (Å²) in [5.41, 5.74) is 0.459. The van der Waals surface area contributed by atoms with Gasteiger partial charge in [0.25, 0.3) is 5.91 Å². The van der Waals surface area contributed by atoms with Crippen LogP contribution in [0.4, 0.5) is 5.69 Å².